The topological polar surface area (TPSA) is 76.9 Å². The third-order valence-electron chi connectivity index (χ3n) is 3.44. The summed E-state index contributed by atoms with van der Waals surface area (Å²) in [5.74, 6) is 0.979. The van der Waals surface area contributed by atoms with Crippen LogP contribution in [0.5, 0.6) is 5.88 Å². The van der Waals surface area contributed by atoms with Crippen LogP contribution in [0.4, 0.5) is 0 Å². The van der Waals surface area contributed by atoms with Crippen molar-refractivity contribution in [3.8, 4) is 11.9 Å². The Balaban J connectivity index is 2.21. The molecular formula is C12H18N4O. The molecule has 2 N–H and O–H groups in total. The standard InChI is InChI=1S/C12H18N4O/c1-8-10(7-14)12(16(2)15-8)17-11-5-3-4-9(11)6-13/h9,11H,3-6,13H2,1-2H3. The van der Waals surface area contributed by atoms with Gasteiger partial charge in [-0.3, -0.25) is 0 Å². The fraction of sp³-hybridized carbons (Fsp3) is 0.667. The molecule has 0 radical (unpaired) electrons. The molecule has 0 saturated heterocycles. The molecule has 5 heteroatoms. The van der Waals surface area contributed by atoms with Crippen molar-refractivity contribution in [2.75, 3.05) is 6.54 Å². The van der Waals surface area contributed by atoms with E-state index in [4.69, 9.17) is 15.7 Å². The van der Waals surface area contributed by atoms with E-state index < -0.39 is 0 Å². The first kappa shape index (κ1) is 11.9. The lowest BCUT2D eigenvalue weighted by atomic mass is 10.1. The van der Waals surface area contributed by atoms with Crippen LogP contribution in [0.25, 0.3) is 0 Å². The molecule has 1 aliphatic carbocycles. The van der Waals surface area contributed by atoms with Crippen molar-refractivity contribution in [1.29, 1.82) is 5.26 Å². The van der Waals surface area contributed by atoms with Gasteiger partial charge in [-0.1, -0.05) is 0 Å². The lowest BCUT2D eigenvalue weighted by Crippen LogP contribution is -2.28. The van der Waals surface area contributed by atoms with E-state index in [1.165, 1.54) is 0 Å². The van der Waals surface area contributed by atoms with Gasteiger partial charge in [-0.15, -0.1) is 0 Å². The molecule has 0 bridgehead atoms. The van der Waals surface area contributed by atoms with Crippen LogP contribution >= 0.6 is 0 Å². The highest BCUT2D eigenvalue weighted by Crippen LogP contribution is 2.31. The monoisotopic (exact) mass is 234 g/mol. The molecule has 0 aromatic carbocycles. The third kappa shape index (κ3) is 2.13. The summed E-state index contributed by atoms with van der Waals surface area (Å²) in [6, 6.07) is 2.15. The van der Waals surface area contributed by atoms with Crippen molar-refractivity contribution in [2.45, 2.75) is 32.3 Å². The van der Waals surface area contributed by atoms with Gasteiger partial charge in [-0.05, 0) is 32.7 Å². The second kappa shape index (κ2) is 4.76. The number of ether oxygens (including phenoxy) is 1. The van der Waals surface area contributed by atoms with E-state index >= 15 is 0 Å². The third-order valence-corrected chi connectivity index (χ3v) is 3.44. The molecule has 1 saturated carbocycles. The van der Waals surface area contributed by atoms with Crippen LogP contribution in [0.3, 0.4) is 0 Å². The second-order valence-corrected chi connectivity index (χ2v) is 4.58. The molecule has 2 unspecified atom stereocenters. The molecule has 2 rings (SSSR count). The zero-order valence-electron chi connectivity index (χ0n) is 10.3. The molecule has 0 amide bonds. The minimum atomic E-state index is 0.127. The van der Waals surface area contributed by atoms with Crippen molar-refractivity contribution in [2.24, 2.45) is 18.7 Å². The number of aromatic nitrogens is 2. The van der Waals surface area contributed by atoms with Gasteiger partial charge in [0.05, 0.1) is 5.69 Å². The lowest BCUT2D eigenvalue weighted by molar-refractivity contribution is 0.148. The Bertz CT molecular complexity index is 446. The Kier molecular flexibility index (Phi) is 3.34. The van der Waals surface area contributed by atoms with Crippen LogP contribution < -0.4 is 10.5 Å². The maximum atomic E-state index is 9.10. The van der Waals surface area contributed by atoms with Crippen molar-refractivity contribution in [3.63, 3.8) is 0 Å². The van der Waals surface area contributed by atoms with Crippen LogP contribution in [0, 0.1) is 24.2 Å². The smallest absolute Gasteiger partial charge is 0.230 e. The van der Waals surface area contributed by atoms with Crippen LogP contribution in [-0.4, -0.2) is 22.4 Å². The Morgan fingerprint density at radius 3 is 3.00 bits per heavy atom. The van der Waals surface area contributed by atoms with E-state index in [2.05, 4.69) is 11.2 Å². The summed E-state index contributed by atoms with van der Waals surface area (Å²) in [5.41, 5.74) is 6.98. The Morgan fingerprint density at radius 2 is 2.35 bits per heavy atom. The van der Waals surface area contributed by atoms with Crippen molar-refractivity contribution < 1.29 is 4.74 Å². The number of nitrogens with two attached hydrogens (primary N) is 1. The van der Waals surface area contributed by atoms with Crippen molar-refractivity contribution in [3.05, 3.63) is 11.3 Å². The van der Waals surface area contributed by atoms with E-state index in [1.54, 1.807) is 11.7 Å². The minimum Gasteiger partial charge on any atom is -0.473 e. The number of nitrogens with zero attached hydrogens (tertiary/aromatic N) is 3. The first-order valence-electron chi connectivity index (χ1n) is 5.97. The largest absolute Gasteiger partial charge is 0.473 e. The Morgan fingerprint density at radius 1 is 1.59 bits per heavy atom. The Labute approximate surface area is 101 Å². The molecule has 2 atom stereocenters. The van der Waals surface area contributed by atoms with Crippen LogP contribution in [0.15, 0.2) is 0 Å². The summed E-state index contributed by atoms with van der Waals surface area (Å²) < 4.78 is 7.59. The van der Waals surface area contributed by atoms with Gasteiger partial charge in [0.1, 0.15) is 17.7 Å². The number of rotatable bonds is 3. The molecule has 5 nitrogen and oxygen atoms in total. The second-order valence-electron chi connectivity index (χ2n) is 4.58. The van der Waals surface area contributed by atoms with Gasteiger partial charge in [0, 0.05) is 13.0 Å². The molecule has 1 aromatic heterocycles. The maximum Gasteiger partial charge on any atom is 0.230 e. The van der Waals surface area contributed by atoms with Gasteiger partial charge in [-0.2, -0.15) is 10.4 Å². The van der Waals surface area contributed by atoms with Crippen LogP contribution in [-0.2, 0) is 7.05 Å². The van der Waals surface area contributed by atoms with Crippen LogP contribution in [0.2, 0.25) is 0 Å². The summed E-state index contributed by atoms with van der Waals surface area (Å²) in [4.78, 5) is 0. The molecule has 92 valence electrons. The van der Waals surface area contributed by atoms with Gasteiger partial charge in [0.25, 0.3) is 0 Å². The highest BCUT2D eigenvalue weighted by molar-refractivity contribution is 5.42. The lowest BCUT2D eigenvalue weighted by Gasteiger charge is -2.19. The average molecular weight is 234 g/mol. The quantitative estimate of drug-likeness (QED) is 0.849. The summed E-state index contributed by atoms with van der Waals surface area (Å²) in [7, 11) is 1.80. The maximum absolute atomic E-state index is 9.10. The normalized spacial score (nSPS) is 23.6. The number of aryl methyl sites for hydroxylation is 2. The minimum absolute atomic E-state index is 0.127. The van der Waals surface area contributed by atoms with Crippen molar-refractivity contribution in [1.82, 2.24) is 9.78 Å². The summed E-state index contributed by atoms with van der Waals surface area (Å²) in [6.07, 6.45) is 3.39. The molecular weight excluding hydrogens is 216 g/mol. The zero-order valence-corrected chi connectivity index (χ0v) is 10.3. The van der Waals surface area contributed by atoms with Gasteiger partial charge >= 0.3 is 0 Å². The molecule has 1 fully saturated rings. The molecule has 1 aliphatic rings. The molecule has 0 spiro atoms. The molecule has 1 heterocycles. The zero-order chi connectivity index (χ0) is 12.4. The van der Waals surface area contributed by atoms with Gasteiger partial charge in [-0.25, -0.2) is 4.68 Å². The predicted octanol–water partition coefficient (Wildman–Crippen LogP) is 1.11. The van der Waals surface area contributed by atoms with E-state index in [9.17, 15) is 0 Å². The average Bonchev–Trinajstić information content (AvgIpc) is 2.85. The first-order valence-corrected chi connectivity index (χ1v) is 5.97. The molecule has 17 heavy (non-hydrogen) atoms. The highest BCUT2D eigenvalue weighted by atomic mass is 16.5. The number of nitriles is 1. The van der Waals surface area contributed by atoms with Gasteiger partial charge < -0.3 is 10.5 Å². The fourth-order valence-electron chi connectivity index (χ4n) is 2.47. The van der Waals surface area contributed by atoms with E-state index in [-0.39, 0.29) is 6.10 Å². The SMILES string of the molecule is Cc1nn(C)c(OC2CCCC2CN)c1C#N. The highest BCUT2D eigenvalue weighted by Gasteiger charge is 2.29. The van der Waals surface area contributed by atoms with E-state index in [1.807, 2.05) is 6.92 Å². The number of hydrogen-bond donors (Lipinski definition) is 1. The fourth-order valence-corrected chi connectivity index (χ4v) is 2.47. The first-order chi connectivity index (χ1) is 8.17. The van der Waals surface area contributed by atoms with Gasteiger partial charge in [0.2, 0.25) is 5.88 Å². The number of hydrogen-bond acceptors (Lipinski definition) is 4. The Hall–Kier alpha value is -1.54. The summed E-state index contributed by atoms with van der Waals surface area (Å²) in [6.45, 7) is 2.46. The summed E-state index contributed by atoms with van der Waals surface area (Å²) in [5, 5.41) is 13.3. The van der Waals surface area contributed by atoms with Crippen molar-refractivity contribution >= 4 is 0 Å². The molecule has 0 aliphatic heterocycles. The predicted molar refractivity (Wildman–Crippen MR) is 63.5 cm³/mol. The van der Waals surface area contributed by atoms with Gasteiger partial charge in [0.15, 0.2) is 0 Å². The van der Waals surface area contributed by atoms with E-state index in [0.717, 1.165) is 19.3 Å². The van der Waals surface area contributed by atoms with Crippen LogP contribution in [0.1, 0.15) is 30.5 Å². The molecule has 1 aromatic rings. The summed E-state index contributed by atoms with van der Waals surface area (Å²) >= 11 is 0. The van der Waals surface area contributed by atoms with E-state index in [0.29, 0.717) is 29.6 Å².